The molecule has 5 nitrogen and oxygen atoms in total. The Morgan fingerprint density at radius 2 is 2.12 bits per heavy atom. The number of H-pyrrole nitrogens is 1. The third-order valence-corrected chi connectivity index (χ3v) is 5.25. The number of fused-ring (bicyclic) bond motifs is 1. The van der Waals surface area contributed by atoms with Crippen LogP contribution in [0.2, 0.25) is 0 Å². The molecule has 0 bridgehead atoms. The molecule has 5 heteroatoms. The second-order valence-electron chi connectivity index (χ2n) is 9.11. The van der Waals surface area contributed by atoms with Crippen molar-refractivity contribution in [2.24, 2.45) is 17.3 Å². The van der Waals surface area contributed by atoms with Crippen molar-refractivity contribution in [3.05, 3.63) is 29.6 Å². The molecule has 1 aliphatic heterocycles. The Kier molecular flexibility index (Phi) is 5.37. The van der Waals surface area contributed by atoms with Crippen molar-refractivity contribution in [2.45, 2.75) is 47.0 Å². The van der Waals surface area contributed by atoms with Crippen LogP contribution in [0.5, 0.6) is 0 Å². The summed E-state index contributed by atoms with van der Waals surface area (Å²) in [5.41, 5.74) is 3.52. The van der Waals surface area contributed by atoms with Crippen LogP contribution in [0.3, 0.4) is 0 Å². The van der Waals surface area contributed by atoms with E-state index in [1.807, 2.05) is 6.07 Å². The highest BCUT2D eigenvalue weighted by molar-refractivity contribution is 5.75. The molecular weight excluding hydrogens is 326 g/mol. The molecule has 1 fully saturated rings. The van der Waals surface area contributed by atoms with Gasteiger partial charge < -0.3 is 15.0 Å². The standard InChI is InChI=1S/C21H31N3O2/c1-14-5-6-17-18(9-14)23-19(22-17)10-16-12-24(13-21(2,3)4)8-7-15(16)11-20(25)26/h5-6,9,15-16H,7-8,10-13H2,1-4H3,(H,22,23)(H,25,26). The van der Waals surface area contributed by atoms with Gasteiger partial charge in [-0.1, -0.05) is 26.8 Å². The number of likely N-dealkylation sites (tertiary alicyclic amines) is 1. The Morgan fingerprint density at radius 3 is 2.81 bits per heavy atom. The Hall–Kier alpha value is -1.88. The summed E-state index contributed by atoms with van der Waals surface area (Å²) < 4.78 is 0. The van der Waals surface area contributed by atoms with E-state index in [0.717, 1.165) is 49.3 Å². The normalized spacial score (nSPS) is 22.0. The summed E-state index contributed by atoms with van der Waals surface area (Å²) in [7, 11) is 0. The molecule has 1 aromatic heterocycles. The highest BCUT2D eigenvalue weighted by Gasteiger charge is 2.32. The van der Waals surface area contributed by atoms with Gasteiger partial charge in [0, 0.05) is 25.9 Å². The Labute approximate surface area is 155 Å². The summed E-state index contributed by atoms with van der Waals surface area (Å²) in [4.78, 5) is 22.0. The second-order valence-corrected chi connectivity index (χ2v) is 9.11. The zero-order valence-corrected chi connectivity index (χ0v) is 16.4. The molecular formula is C21H31N3O2. The molecule has 1 aliphatic rings. The molecule has 0 spiro atoms. The van der Waals surface area contributed by atoms with Crippen LogP contribution in [0.25, 0.3) is 11.0 Å². The Balaban J connectivity index is 1.77. The average Bonchev–Trinajstić information content (AvgIpc) is 2.89. The Morgan fingerprint density at radius 1 is 1.35 bits per heavy atom. The van der Waals surface area contributed by atoms with Gasteiger partial charge in [-0.15, -0.1) is 0 Å². The average molecular weight is 357 g/mol. The summed E-state index contributed by atoms with van der Waals surface area (Å²) in [5, 5.41) is 9.31. The fourth-order valence-corrected chi connectivity index (χ4v) is 4.22. The molecule has 0 saturated carbocycles. The number of rotatable bonds is 5. The number of nitrogens with zero attached hydrogens (tertiary/aromatic N) is 2. The molecule has 142 valence electrons. The molecule has 0 amide bonds. The minimum Gasteiger partial charge on any atom is -0.481 e. The first-order valence-corrected chi connectivity index (χ1v) is 9.59. The molecule has 0 aliphatic carbocycles. The molecule has 2 heterocycles. The molecule has 2 atom stereocenters. The monoisotopic (exact) mass is 357 g/mol. The van der Waals surface area contributed by atoms with Crippen molar-refractivity contribution < 1.29 is 9.90 Å². The summed E-state index contributed by atoms with van der Waals surface area (Å²) in [6.45, 7) is 11.8. The maximum absolute atomic E-state index is 11.3. The fraction of sp³-hybridized carbons (Fsp3) is 0.619. The van der Waals surface area contributed by atoms with E-state index >= 15 is 0 Å². The van der Waals surface area contributed by atoms with Crippen LogP contribution >= 0.6 is 0 Å². The van der Waals surface area contributed by atoms with Gasteiger partial charge in [-0.3, -0.25) is 4.79 Å². The van der Waals surface area contributed by atoms with E-state index in [-0.39, 0.29) is 17.8 Å². The van der Waals surface area contributed by atoms with Gasteiger partial charge >= 0.3 is 5.97 Å². The fourth-order valence-electron chi connectivity index (χ4n) is 4.22. The lowest BCUT2D eigenvalue weighted by atomic mass is 9.80. The number of benzene rings is 1. The number of nitrogens with one attached hydrogen (secondary N) is 1. The second kappa shape index (κ2) is 7.39. The van der Waals surface area contributed by atoms with Gasteiger partial charge in [0.15, 0.2) is 0 Å². The number of carboxylic acids is 1. The molecule has 1 saturated heterocycles. The molecule has 0 radical (unpaired) electrons. The zero-order chi connectivity index (χ0) is 18.9. The number of hydrogen-bond donors (Lipinski definition) is 2. The highest BCUT2D eigenvalue weighted by atomic mass is 16.4. The van der Waals surface area contributed by atoms with E-state index in [9.17, 15) is 9.90 Å². The number of aliphatic carboxylic acids is 1. The zero-order valence-electron chi connectivity index (χ0n) is 16.4. The van der Waals surface area contributed by atoms with Crippen molar-refractivity contribution in [3.63, 3.8) is 0 Å². The number of carbonyl (C=O) groups is 1. The predicted octanol–water partition coefficient (Wildman–Crippen LogP) is 3.87. The Bertz CT molecular complexity index is 775. The van der Waals surface area contributed by atoms with E-state index in [4.69, 9.17) is 4.98 Å². The van der Waals surface area contributed by atoms with Crippen LogP contribution in [-0.2, 0) is 11.2 Å². The van der Waals surface area contributed by atoms with Gasteiger partial charge in [0.05, 0.1) is 11.0 Å². The van der Waals surface area contributed by atoms with Gasteiger partial charge in [0.1, 0.15) is 5.82 Å². The van der Waals surface area contributed by atoms with Crippen LogP contribution in [0.1, 0.15) is 45.0 Å². The van der Waals surface area contributed by atoms with Crippen LogP contribution in [0.4, 0.5) is 0 Å². The number of hydrogen-bond acceptors (Lipinski definition) is 3. The number of aromatic nitrogens is 2. The van der Waals surface area contributed by atoms with Crippen LogP contribution in [-0.4, -0.2) is 45.6 Å². The van der Waals surface area contributed by atoms with E-state index in [1.165, 1.54) is 5.56 Å². The van der Waals surface area contributed by atoms with Crippen LogP contribution in [0, 0.1) is 24.2 Å². The summed E-state index contributed by atoms with van der Waals surface area (Å²) >= 11 is 0. The lowest BCUT2D eigenvalue weighted by molar-refractivity contribution is -0.139. The summed E-state index contributed by atoms with van der Waals surface area (Å²) in [5.74, 6) is 0.829. The van der Waals surface area contributed by atoms with E-state index in [1.54, 1.807) is 0 Å². The van der Waals surface area contributed by atoms with Crippen molar-refractivity contribution in [3.8, 4) is 0 Å². The highest BCUT2D eigenvalue weighted by Crippen LogP contribution is 2.31. The van der Waals surface area contributed by atoms with E-state index in [0.29, 0.717) is 5.92 Å². The lowest BCUT2D eigenvalue weighted by Crippen LogP contribution is -2.45. The van der Waals surface area contributed by atoms with Crippen LogP contribution in [0.15, 0.2) is 18.2 Å². The number of carboxylic acid groups (broad SMARTS) is 1. The summed E-state index contributed by atoms with van der Waals surface area (Å²) in [6, 6.07) is 6.24. The van der Waals surface area contributed by atoms with Crippen molar-refractivity contribution in [1.29, 1.82) is 0 Å². The number of aromatic amines is 1. The SMILES string of the molecule is Cc1ccc2nc(CC3CN(CC(C)(C)C)CCC3CC(=O)O)[nH]c2c1. The minimum atomic E-state index is -0.690. The molecule has 2 N–H and O–H groups in total. The third-order valence-electron chi connectivity index (χ3n) is 5.25. The lowest BCUT2D eigenvalue weighted by Gasteiger charge is -2.40. The van der Waals surface area contributed by atoms with Gasteiger partial charge in [-0.2, -0.15) is 0 Å². The largest absolute Gasteiger partial charge is 0.481 e. The van der Waals surface area contributed by atoms with Crippen molar-refractivity contribution in [2.75, 3.05) is 19.6 Å². The van der Waals surface area contributed by atoms with E-state index < -0.39 is 5.97 Å². The first-order valence-electron chi connectivity index (χ1n) is 9.59. The van der Waals surface area contributed by atoms with Gasteiger partial charge in [0.2, 0.25) is 0 Å². The summed E-state index contributed by atoms with van der Waals surface area (Å²) in [6.07, 6.45) is 2.02. The number of piperidine rings is 1. The van der Waals surface area contributed by atoms with Gasteiger partial charge in [-0.25, -0.2) is 4.98 Å². The molecule has 26 heavy (non-hydrogen) atoms. The predicted molar refractivity (Wildman–Crippen MR) is 104 cm³/mol. The molecule has 2 unspecified atom stereocenters. The number of imidazole rings is 1. The van der Waals surface area contributed by atoms with Crippen molar-refractivity contribution >= 4 is 17.0 Å². The van der Waals surface area contributed by atoms with E-state index in [2.05, 4.69) is 49.7 Å². The topological polar surface area (TPSA) is 69.2 Å². The smallest absolute Gasteiger partial charge is 0.303 e. The van der Waals surface area contributed by atoms with Crippen LogP contribution < -0.4 is 0 Å². The molecule has 3 rings (SSSR count). The quantitative estimate of drug-likeness (QED) is 0.852. The maximum atomic E-state index is 11.3. The maximum Gasteiger partial charge on any atom is 0.303 e. The first kappa shape index (κ1) is 18.9. The molecule has 2 aromatic rings. The van der Waals surface area contributed by atoms with Crippen molar-refractivity contribution in [1.82, 2.24) is 14.9 Å². The van der Waals surface area contributed by atoms with Gasteiger partial charge in [-0.05, 0) is 54.8 Å². The van der Waals surface area contributed by atoms with Gasteiger partial charge in [0.25, 0.3) is 0 Å². The first-order chi connectivity index (χ1) is 12.2. The molecule has 1 aromatic carbocycles. The number of aryl methyl sites for hydroxylation is 1. The third kappa shape index (κ3) is 4.85. The minimum absolute atomic E-state index is 0.221.